The van der Waals surface area contributed by atoms with Crippen LogP contribution in [-0.2, 0) is 9.53 Å². The monoisotopic (exact) mass is 311 g/mol. The van der Waals surface area contributed by atoms with Crippen LogP contribution < -0.4 is 5.73 Å². The van der Waals surface area contributed by atoms with Crippen molar-refractivity contribution in [1.82, 2.24) is 19.5 Å². The SMILES string of the molecule is Nc1ncnc2c1ncn2[C@@H]1O[C@H](C(O)C(=O)O)[C@@H](O)[C@H]1O. The number of imidazole rings is 1. The molecule has 11 nitrogen and oxygen atoms in total. The lowest BCUT2D eigenvalue weighted by molar-refractivity contribution is -0.160. The summed E-state index contributed by atoms with van der Waals surface area (Å²) in [5.74, 6) is -1.45. The number of nitrogen functional groups attached to an aromatic ring is 1. The van der Waals surface area contributed by atoms with Gasteiger partial charge in [-0.1, -0.05) is 0 Å². The van der Waals surface area contributed by atoms with E-state index in [1.165, 1.54) is 17.2 Å². The van der Waals surface area contributed by atoms with E-state index < -0.39 is 36.6 Å². The molecule has 0 spiro atoms. The van der Waals surface area contributed by atoms with Crippen molar-refractivity contribution in [2.24, 2.45) is 0 Å². The lowest BCUT2D eigenvalue weighted by Crippen LogP contribution is -2.42. The van der Waals surface area contributed by atoms with Crippen LogP contribution in [0.25, 0.3) is 11.2 Å². The summed E-state index contributed by atoms with van der Waals surface area (Å²) in [6.07, 6.45) is -5.25. The van der Waals surface area contributed by atoms with E-state index in [0.717, 1.165) is 0 Å². The molecule has 0 aromatic carbocycles. The van der Waals surface area contributed by atoms with E-state index >= 15 is 0 Å². The summed E-state index contributed by atoms with van der Waals surface area (Å²) >= 11 is 0. The number of nitrogens with two attached hydrogens (primary N) is 1. The van der Waals surface area contributed by atoms with E-state index in [9.17, 15) is 20.1 Å². The molecule has 22 heavy (non-hydrogen) atoms. The van der Waals surface area contributed by atoms with Gasteiger partial charge in [0.25, 0.3) is 0 Å². The molecule has 5 atom stereocenters. The molecule has 0 saturated carbocycles. The molecule has 3 heterocycles. The Morgan fingerprint density at radius 3 is 2.73 bits per heavy atom. The molecule has 118 valence electrons. The molecule has 11 heteroatoms. The number of aromatic nitrogens is 4. The maximum Gasteiger partial charge on any atom is 0.335 e. The fourth-order valence-corrected chi connectivity index (χ4v) is 2.37. The van der Waals surface area contributed by atoms with E-state index in [1.54, 1.807) is 0 Å². The number of aliphatic hydroxyl groups is 3. The highest BCUT2D eigenvalue weighted by Gasteiger charge is 2.49. The fraction of sp³-hybridized carbons (Fsp3) is 0.455. The molecule has 0 radical (unpaired) electrons. The normalized spacial score (nSPS) is 29.8. The molecule has 0 aliphatic carbocycles. The maximum atomic E-state index is 10.8. The zero-order valence-electron chi connectivity index (χ0n) is 11.0. The molecule has 0 bridgehead atoms. The predicted molar refractivity (Wildman–Crippen MR) is 69.3 cm³/mol. The second kappa shape index (κ2) is 5.14. The largest absolute Gasteiger partial charge is 0.479 e. The van der Waals surface area contributed by atoms with E-state index in [4.69, 9.17) is 15.6 Å². The Labute approximate surface area is 122 Å². The Kier molecular flexibility index (Phi) is 3.41. The molecule has 1 saturated heterocycles. The van der Waals surface area contributed by atoms with Gasteiger partial charge in [-0.3, -0.25) is 4.57 Å². The maximum absolute atomic E-state index is 10.8. The molecule has 1 fully saturated rings. The number of hydrogen-bond donors (Lipinski definition) is 5. The second-order valence-corrected chi connectivity index (χ2v) is 4.84. The number of carboxylic acid groups (broad SMARTS) is 1. The van der Waals surface area contributed by atoms with Crippen molar-refractivity contribution < 1.29 is 30.0 Å². The van der Waals surface area contributed by atoms with Gasteiger partial charge in [0.05, 0.1) is 6.33 Å². The van der Waals surface area contributed by atoms with E-state index in [1.807, 2.05) is 0 Å². The Morgan fingerprint density at radius 1 is 1.32 bits per heavy atom. The number of hydrogen-bond acceptors (Lipinski definition) is 9. The number of ether oxygens (including phenoxy) is 1. The molecule has 0 amide bonds. The minimum absolute atomic E-state index is 0.124. The Hall–Kier alpha value is -2.34. The van der Waals surface area contributed by atoms with Crippen molar-refractivity contribution >= 4 is 23.0 Å². The average molecular weight is 311 g/mol. The lowest BCUT2D eigenvalue weighted by atomic mass is 10.1. The van der Waals surface area contributed by atoms with Gasteiger partial charge in [0, 0.05) is 0 Å². The summed E-state index contributed by atoms with van der Waals surface area (Å²) in [6, 6.07) is 0. The lowest BCUT2D eigenvalue weighted by Gasteiger charge is -2.17. The van der Waals surface area contributed by atoms with E-state index in [0.29, 0.717) is 0 Å². The van der Waals surface area contributed by atoms with Gasteiger partial charge in [0.2, 0.25) is 0 Å². The van der Waals surface area contributed by atoms with Crippen LogP contribution in [0.3, 0.4) is 0 Å². The number of aliphatic carboxylic acids is 1. The molecule has 3 rings (SSSR count). The minimum atomic E-state index is -1.98. The van der Waals surface area contributed by atoms with Crippen LogP contribution in [0.4, 0.5) is 5.82 Å². The quantitative estimate of drug-likeness (QED) is 0.406. The Bertz CT molecular complexity index is 720. The summed E-state index contributed by atoms with van der Waals surface area (Å²) in [5.41, 5.74) is 6.17. The summed E-state index contributed by atoms with van der Waals surface area (Å²) in [4.78, 5) is 22.5. The van der Waals surface area contributed by atoms with Crippen molar-refractivity contribution in [3.63, 3.8) is 0 Å². The van der Waals surface area contributed by atoms with Crippen LogP contribution in [0.2, 0.25) is 0 Å². The zero-order valence-corrected chi connectivity index (χ0v) is 11.0. The molecule has 2 aromatic rings. The van der Waals surface area contributed by atoms with Gasteiger partial charge in [0.15, 0.2) is 23.8 Å². The molecule has 1 unspecified atom stereocenters. The summed E-state index contributed by atoms with van der Waals surface area (Å²) < 4.78 is 6.58. The van der Waals surface area contributed by atoms with Crippen LogP contribution in [0.5, 0.6) is 0 Å². The molecule has 2 aromatic heterocycles. The van der Waals surface area contributed by atoms with Crippen LogP contribution in [-0.4, -0.2) is 70.3 Å². The summed E-state index contributed by atoms with van der Waals surface area (Å²) in [6.45, 7) is 0. The smallest absolute Gasteiger partial charge is 0.335 e. The zero-order chi connectivity index (χ0) is 16.0. The van der Waals surface area contributed by atoms with Crippen LogP contribution >= 0.6 is 0 Å². The van der Waals surface area contributed by atoms with Gasteiger partial charge < -0.3 is 30.9 Å². The first kappa shape index (κ1) is 14.6. The molecular formula is C11H13N5O6. The van der Waals surface area contributed by atoms with Crippen molar-refractivity contribution in [3.05, 3.63) is 12.7 Å². The number of carboxylic acids is 1. The number of aliphatic hydroxyl groups excluding tert-OH is 3. The highest BCUT2D eigenvalue weighted by atomic mass is 16.6. The van der Waals surface area contributed by atoms with Gasteiger partial charge in [-0.15, -0.1) is 0 Å². The van der Waals surface area contributed by atoms with Crippen molar-refractivity contribution in [3.8, 4) is 0 Å². The highest BCUT2D eigenvalue weighted by Crippen LogP contribution is 2.33. The number of carbonyl (C=O) groups is 1. The van der Waals surface area contributed by atoms with Crippen molar-refractivity contribution in [1.29, 1.82) is 0 Å². The van der Waals surface area contributed by atoms with Crippen LogP contribution in [0.1, 0.15) is 6.23 Å². The Balaban J connectivity index is 1.98. The standard InChI is InChI=1S/C11H13N5O6/c12-8-3-9(14-1-13-8)16(2-15-3)10-5(18)4(17)7(22-10)6(19)11(20)21/h1-2,4-7,10,17-19H,(H,20,21)(H2,12,13,14)/t4-,5+,6?,7-,10+/m0/s1. The number of fused-ring (bicyclic) bond motifs is 1. The first-order valence-electron chi connectivity index (χ1n) is 6.27. The number of rotatable bonds is 3. The summed E-state index contributed by atoms with van der Waals surface area (Å²) in [5, 5.41) is 38.3. The highest BCUT2D eigenvalue weighted by molar-refractivity contribution is 5.81. The van der Waals surface area contributed by atoms with E-state index in [-0.39, 0.29) is 17.0 Å². The third-order valence-corrected chi connectivity index (χ3v) is 3.50. The van der Waals surface area contributed by atoms with Crippen LogP contribution in [0, 0.1) is 0 Å². The predicted octanol–water partition coefficient (Wildman–Crippen LogP) is -2.53. The number of nitrogens with zero attached hydrogens (tertiary/aromatic N) is 4. The molecule has 6 N–H and O–H groups in total. The first-order valence-corrected chi connectivity index (χ1v) is 6.27. The molecule has 1 aliphatic heterocycles. The van der Waals surface area contributed by atoms with E-state index in [2.05, 4.69) is 15.0 Å². The molecule has 1 aliphatic rings. The van der Waals surface area contributed by atoms with Gasteiger partial charge in [-0.05, 0) is 0 Å². The molecular weight excluding hydrogens is 298 g/mol. The topological polar surface area (TPSA) is 177 Å². The van der Waals surface area contributed by atoms with Gasteiger partial charge in [-0.25, -0.2) is 19.7 Å². The fourth-order valence-electron chi connectivity index (χ4n) is 2.37. The van der Waals surface area contributed by atoms with Gasteiger partial charge >= 0.3 is 5.97 Å². The van der Waals surface area contributed by atoms with Crippen molar-refractivity contribution in [2.45, 2.75) is 30.6 Å². The van der Waals surface area contributed by atoms with Gasteiger partial charge in [-0.2, -0.15) is 0 Å². The van der Waals surface area contributed by atoms with Gasteiger partial charge in [0.1, 0.15) is 30.2 Å². The Morgan fingerprint density at radius 2 is 2.05 bits per heavy atom. The third-order valence-electron chi connectivity index (χ3n) is 3.50. The minimum Gasteiger partial charge on any atom is -0.479 e. The summed E-state index contributed by atoms with van der Waals surface area (Å²) in [7, 11) is 0. The average Bonchev–Trinajstić information content (AvgIpc) is 3.02. The third kappa shape index (κ3) is 2.07. The first-order chi connectivity index (χ1) is 10.4. The van der Waals surface area contributed by atoms with Crippen molar-refractivity contribution in [2.75, 3.05) is 5.73 Å². The van der Waals surface area contributed by atoms with Crippen LogP contribution in [0.15, 0.2) is 12.7 Å². The second-order valence-electron chi connectivity index (χ2n) is 4.84. The number of anilines is 1.